The third-order valence-electron chi connectivity index (χ3n) is 15.8. The number of aromatic nitrogens is 6. The number of aliphatic hydroxyl groups excluding tert-OH is 1. The molecule has 5 fully saturated rings. The van der Waals surface area contributed by atoms with Crippen molar-refractivity contribution in [3.05, 3.63) is 89.1 Å². The SMILES string of the molecule is C#Cc1c(F)ccc2cccc(-c3ncc4c(N5CC6CCC(C5)N6)nc(OCCN5CCN(CCCCCCC(=O)NCCOc6ccc(-c7nc8nc(O[C@@H]9CO[C@H]%10[C@@H]9OC[C@H]%10O)[nH]c8cc7Cl)cc6)CC5)nc4c3F)c12. The largest absolute Gasteiger partial charge is 0.492 e. The fraction of sp³-hybridized carbons (Fsp3) is 0.448. The van der Waals surface area contributed by atoms with Gasteiger partial charge in [-0.25, -0.2) is 13.8 Å². The number of amides is 1. The van der Waals surface area contributed by atoms with E-state index in [9.17, 15) is 14.3 Å². The maximum atomic E-state index is 16.9. The normalized spacial score (nSPS) is 22.2. The van der Waals surface area contributed by atoms with Gasteiger partial charge in [-0.15, -0.1) is 6.42 Å². The lowest BCUT2D eigenvalue weighted by molar-refractivity contribution is -0.121. The molecule has 18 nitrogen and oxygen atoms in total. The number of imidazole rings is 1. The number of aliphatic hydroxyl groups is 1. The number of halogens is 3. The number of unbranched alkanes of at least 4 members (excludes halogenated alkanes) is 3. The zero-order valence-corrected chi connectivity index (χ0v) is 44.4. The van der Waals surface area contributed by atoms with E-state index in [2.05, 4.69) is 56.2 Å². The van der Waals surface area contributed by atoms with Crippen molar-refractivity contribution in [2.75, 3.05) is 90.2 Å². The molecule has 3 aromatic carbocycles. The van der Waals surface area contributed by atoms with Gasteiger partial charge in [0, 0.05) is 87.0 Å². The summed E-state index contributed by atoms with van der Waals surface area (Å²) in [7, 11) is 0. The molecule has 2 unspecified atom stereocenters. The molecule has 4 N–H and O–H groups in total. The van der Waals surface area contributed by atoms with Gasteiger partial charge in [0.05, 0.1) is 46.9 Å². The molecule has 0 spiro atoms. The van der Waals surface area contributed by atoms with Crippen LogP contribution >= 0.6 is 11.6 Å². The molecule has 7 aromatic rings. The minimum atomic E-state index is -0.670. The highest BCUT2D eigenvalue weighted by Gasteiger charge is 2.49. The van der Waals surface area contributed by atoms with E-state index >= 15 is 4.39 Å². The average Bonchev–Trinajstić information content (AvgIpc) is 4.37. The second kappa shape index (κ2) is 23.5. The molecule has 0 radical (unpaired) electrons. The highest BCUT2D eigenvalue weighted by atomic mass is 35.5. The van der Waals surface area contributed by atoms with Gasteiger partial charge >= 0.3 is 6.01 Å². The molecular formula is C58H62ClF2N11O7. The van der Waals surface area contributed by atoms with Gasteiger partial charge in [-0.2, -0.15) is 15.0 Å². The number of ether oxygens (including phenoxy) is 5. The zero-order chi connectivity index (χ0) is 54.0. The van der Waals surface area contributed by atoms with Crippen LogP contribution in [0.4, 0.5) is 14.6 Å². The van der Waals surface area contributed by atoms with Crippen molar-refractivity contribution in [3.8, 4) is 52.6 Å². The Morgan fingerprint density at radius 3 is 2.47 bits per heavy atom. The predicted molar refractivity (Wildman–Crippen MR) is 294 cm³/mol. The first-order valence-electron chi connectivity index (χ1n) is 27.4. The van der Waals surface area contributed by atoms with Crippen LogP contribution in [0.5, 0.6) is 17.8 Å². The summed E-state index contributed by atoms with van der Waals surface area (Å²) in [6, 6.07) is 18.5. The van der Waals surface area contributed by atoms with E-state index in [4.69, 9.17) is 46.7 Å². The number of hydrogen-bond donors (Lipinski definition) is 4. The molecule has 5 aliphatic heterocycles. The smallest absolute Gasteiger partial charge is 0.319 e. The molecule has 412 valence electrons. The lowest BCUT2D eigenvalue weighted by Gasteiger charge is -2.35. The van der Waals surface area contributed by atoms with Crippen LogP contribution < -0.4 is 29.7 Å². The van der Waals surface area contributed by atoms with Crippen LogP contribution in [0.2, 0.25) is 5.02 Å². The first kappa shape index (κ1) is 52.8. The number of pyridine rings is 2. The monoisotopic (exact) mass is 1100 g/mol. The highest BCUT2D eigenvalue weighted by molar-refractivity contribution is 6.33. The molecule has 79 heavy (non-hydrogen) atoms. The summed E-state index contributed by atoms with van der Waals surface area (Å²) in [5, 5.41) is 18.7. The fourth-order valence-corrected chi connectivity index (χ4v) is 11.9. The number of piperazine rings is 2. The van der Waals surface area contributed by atoms with Crippen LogP contribution in [0.3, 0.4) is 0 Å². The highest BCUT2D eigenvalue weighted by Crippen LogP contribution is 2.38. The Balaban J connectivity index is 0.553. The summed E-state index contributed by atoms with van der Waals surface area (Å²) >= 11 is 6.65. The molecule has 5 saturated heterocycles. The minimum Gasteiger partial charge on any atom is -0.492 e. The van der Waals surface area contributed by atoms with E-state index in [1.165, 1.54) is 6.07 Å². The van der Waals surface area contributed by atoms with Crippen molar-refractivity contribution in [3.63, 3.8) is 0 Å². The maximum Gasteiger partial charge on any atom is 0.319 e. The number of terminal acetylenes is 1. The fourth-order valence-electron chi connectivity index (χ4n) is 11.7. The Hall–Kier alpha value is -6.83. The van der Waals surface area contributed by atoms with E-state index in [1.54, 1.807) is 30.5 Å². The van der Waals surface area contributed by atoms with Gasteiger partial charge in [-0.1, -0.05) is 54.6 Å². The number of aromatic amines is 1. The number of nitrogens with zero attached hydrogens (tertiary/aromatic N) is 8. The number of H-pyrrole nitrogens is 1. The molecule has 0 aliphatic carbocycles. The summed E-state index contributed by atoms with van der Waals surface area (Å²) in [4.78, 5) is 46.1. The second-order valence-electron chi connectivity index (χ2n) is 21.0. The van der Waals surface area contributed by atoms with Crippen molar-refractivity contribution in [2.24, 2.45) is 0 Å². The van der Waals surface area contributed by atoms with E-state index in [0.717, 1.165) is 89.9 Å². The Bertz CT molecular complexity index is 3380. The van der Waals surface area contributed by atoms with E-state index in [-0.39, 0.29) is 54.0 Å². The van der Waals surface area contributed by atoms with Crippen molar-refractivity contribution in [1.82, 2.24) is 50.3 Å². The minimum absolute atomic E-state index is 0.0152. The summed E-state index contributed by atoms with van der Waals surface area (Å²) in [5.74, 6) is 2.53. The van der Waals surface area contributed by atoms with Crippen LogP contribution in [0.15, 0.2) is 66.9 Å². The number of benzene rings is 3. The van der Waals surface area contributed by atoms with Crippen molar-refractivity contribution in [2.45, 2.75) is 81.4 Å². The third kappa shape index (κ3) is 11.5. The van der Waals surface area contributed by atoms with Gasteiger partial charge in [0.1, 0.15) is 60.1 Å². The number of carbonyl (C=O) groups excluding carboxylic acids is 1. The van der Waals surface area contributed by atoms with Crippen LogP contribution in [0.25, 0.3) is 55.4 Å². The predicted octanol–water partition coefficient (Wildman–Crippen LogP) is 6.68. The summed E-state index contributed by atoms with van der Waals surface area (Å²) in [6.07, 6.45) is 12.1. The summed E-state index contributed by atoms with van der Waals surface area (Å²) < 4.78 is 61.4. The van der Waals surface area contributed by atoms with Gasteiger partial charge in [0.25, 0.3) is 6.01 Å². The van der Waals surface area contributed by atoms with E-state index in [1.807, 2.05) is 30.3 Å². The molecule has 2 bridgehead atoms. The maximum absolute atomic E-state index is 16.9. The average molecular weight is 1100 g/mol. The van der Waals surface area contributed by atoms with Gasteiger partial charge < -0.3 is 54.2 Å². The Morgan fingerprint density at radius 2 is 1.66 bits per heavy atom. The first-order chi connectivity index (χ1) is 38.6. The molecular weight excluding hydrogens is 1040 g/mol. The molecule has 0 saturated carbocycles. The molecule has 9 heterocycles. The standard InChI is InChI=1S/C58H62ClF2N11O7/c1-2-39-43(60)18-13-34-8-7-9-40(48(34)39)51-49(61)52-41(29-63-51)56(72-30-36-14-15-37(31-72)64-36)69-57(67-52)76-27-25-71-23-21-70(22-24-71)20-6-4-3-5-10-47(74)62-19-26-75-38-16-11-35(12-17-38)50-42(59)28-44-55(66-50)68-58(65-44)79-46-33-78-53-45(73)32-77-54(46)53/h1,7-9,11-13,16-18,28-29,36-37,45-46,53-54,64,73H,3-6,10,14-15,19-27,30-33H2,(H,62,74)(H,65,66,68)/t36?,37?,45-,46-,53-,54-/m1/s1. The summed E-state index contributed by atoms with van der Waals surface area (Å²) in [5.41, 5.74) is 2.99. The molecule has 6 atom stereocenters. The zero-order valence-electron chi connectivity index (χ0n) is 43.6. The number of fused-ring (bicyclic) bond motifs is 6. The van der Waals surface area contributed by atoms with Crippen molar-refractivity contribution < 1.29 is 42.4 Å². The van der Waals surface area contributed by atoms with Crippen molar-refractivity contribution in [1.29, 1.82) is 0 Å². The lowest BCUT2D eigenvalue weighted by atomic mass is 9.96. The molecule has 21 heteroatoms. The van der Waals surface area contributed by atoms with E-state index in [0.29, 0.717) is 100.0 Å². The third-order valence-corrected chi connectivity index (χ3v) is 16.0. The Morgan fingerprint density at radius 1 is 0.873 bits per heavy atom. The van der Waals surface area contributed by atoms with Gasteiger partial charge in [-0.05, 0) is 74.0 Å². The number of carbonyl (C=O) groups is 1. The molecule has 1 amide bonds. The van der Waals surface area contributed by atoms with Crippen LogP contribution in [-0.4, -0.2) is 173 Å². The quantitative estimate of drug-likeness (QED) is 0.0465. The summed E-state index contributed by atoms with van der Waals surface area (Å²) in [6.45, 7) is 8.40. The Kier molecular flexibility index (Phi) is 15.7. The van der Waals surface area contributed by atoms with E-state index < -0.39 is 29.9 Å². The first-order valence-corrected chi connectivity index (χ1v) is 27.8. The Labute approximate surface area is 460 Å². The number of rotatable bonds is 20. The van der Waals surface area contributed by atoms with Crippen LogP contribution in [0.1, 0.15) is 50.5 Å². The number of anilines is 1. The van der Waals surface area contributed by atoms with Gasteiger partial charge in [-0.3, -0.25) is 14.7 Å². The van der Waals surface area contributed by atoms with Crippen molar-refractivity contribution >= 4 is 56.2 Å². The molecule has 4 aromatic heterocycles. The topological polar surface area (TPSA) is 197 Å². The molecule has 5 aliphatic rings. The lowest BCUT2D eigenvalue weighted by Crippen LogP contribution is -2.51. The number of hydrogen-bond acceptors (Lipinski definition) is 16. The second-order valence-corrected chi connectivity index (χ2v) is 21.4. The van der Waals surface area contributed by atoms with Crippen LogP contribution in [0, 0.1) is 24.0 Å². The van der Waals surface area contributed by atoms with Gasteiger partial charge in [0.15, 0.2) is 17.6 Å². The van der Waals surface area contributed by atoms with Gasteiger partial charge in [0.2, 0.25) is 5.91 Å². The van der Waals surface area contributed by atoms with Crippen LogP contribution in [-0.2, 0) is 14.3 Å². The number of nitrogens with one attached hydrogen (secondary N) is 3. The molecule has 12 rings (SSSR count).